The summed E-state index contributed by atoms with van der Waals surface area (Å²) in [7, 11) is 1.57. The first-order chi connectivity index (χ1) is 9.20. The summed E-state index contributed by atoms with van der Waals surface area (Å²) in [5, 5.41) is 0. The topological polar surface area (TPSA) is 64.8 Å². The molecule has 0 aromatic heterocycles. The SMILES string of the molecule is COc1ccc(/C=C/C(=O)N2CCOCC2)cc1N. The zero-order valence-electron chi connectivity index (χ0n) is 11.0. The van der Waals surface area contributed by atoms with Crippen LogP contribution in [0.2, 0.25) is 0 Å². The van der Waals surface area contributed by atoms with E-state index in [4.69, 9.17) is 15.2 Å². The maximum atomic E-state index is 11.9. The first kappa shape index (κ1) is 13.4. The lowest BCUT2D eigenvalue weighted by atomic mass is 10.1. The van der Waals surface area contributed by atoms with Crippen LogP contribution < -0.4 is 10.5 Å². The second kappa shape index (κ2) is 6.24. The third kappa shape index (κ3) is 3.48. The Morgan fingerprint density at radius 2 is 2.16 bits per heavy atom. The van der Waals surface area contributed by atoms with Crippen LogP contribution >= 0.6 is 0 Å². The molecule has 1 aromatic rings. The molecule has 0 atom stereocenters. The normalized spacial score (nSPS) is 15.7. The predicted octanol–water partition coefficient (Wildman–Crippen LogP) is 1.15. The fourth-order valence-electron chi connectivity index (χ4n) is 1.91. The smallest absolute Gasteiger partial charge is 0.246 e. The second-order valence-corrected chi connectivity index (χ2v) is 4.27. The second-order valence-electron chi connectivity index (χ2n) is 4.27. The Balaban J connectivity index is 2.01. The van der Waals surface area contributed by atoms with Crippen LogP contribution in [0.5, 0.6) is 5.75 Å². The summed E-state index contributed by atoms with van der Waals surface area (Å²) in [5.41, 5.74) is 7.24. The number of nitrogen functional groups attached to an aromatic ring is 1. The minimum absolute atomic E-state index is 0.00214. The van der Waals surface area contributed by atoms with Gasteiger partial charge in [-0.2, -0.15) is 0 Å². The average molecular weight is 262 g/mol. The Kier molecular flexibility index (Phi) is 4.41. The molecular weight excluding hydrogens is 244 g/mol. The van der Waals surface area contributed by atoms with Crippen LogP contribution in [0, 0.1) is 0 Å². The van der Waals surface area contributed by atoms with E-state index in [1.165, 1.54) is 0 Å². The van der Waals surface area contributed by atoms with E-state index in [9.17, 15) is 4.79 Å². The highest BCUT2D eigenvalue weighted by Crippen LogP contribution is 2.22. The number of hydrogen-bond donors (Lipinski definition) is 1. The third-order valence-corrected chi connectivity index (χ3v) is 2.99. The highest BCUT2D eigenvalue weighted by Gasteiger charge is 2.13. The molecule has 2 N–H and O–H groups in total. The van der Waals surface area contributed by atoms with Gasteiger partial charge in [-0.25, -0.2) is 0 Å². The number of benzene rings is 1. The number of morpholine rings is 1. The van der Waals surface area contributed by atoms with Crippen LogP contribution in [0.3, 0.4) is 0 Å². The highest BCUT2D eigenvalue weighted by atomic mass is 16.5. The van der Waals surface area contributed by atoms with Crippen molar-refractivity contribution in [1.29, 1.82) is 0 Å². The van der Waals surface area contributed by atoms with Gasteiger partial charge in [-0.3, -0.25) is 4.79 Å². The predicted molar refractivity (Wildman–Crippen MR) is 73.8 cm³/mol. The molecule has 2 rings (SSSR count). The van der Waals surface area contributed by atoms with Crippen LogP contribution in [0.25, 0.3) is 6.08 Å². The molecule has 1 aromatic carbocycles. The van der Waals surface area contributed by atoms with Gasteiger partial charge in [0.05, 0.1) is 26.0 Å². The maximum absolute atomic E-state index is 11.9. The molecule has 5 heteroatoms. The van der Waals surface area contributed by atoms with E-state index < -0.39 is 0 Å². The van der Waals surface area contributed by atoms with Crippen molar-refractivity contribution in [2.24, 2.45) is 0 Å². The molecule has 1 amide bonds. The zero-order valence-corrected chi connectivity index (χ0v) is 11.0. The van der Waals surface area contributed by atoms with Crippen LogP contribution in [0.4, 0.5) is 5.69 Å². The molecule has 0 bridgehead atoms. The third-order valence-electron chi connectivity index (χ3n) is 2.99. The molecular formula is C14H18N2O3. The first-order valence-corrected chi connectivity index (χ1v) is 6.19. The lowest BCUT2D eigenvalue weighted by Crippen LogP contribution is -2.39. The van der Waals surface area contributed by atoms with Gasteiger partial charge in [0, 0.05) is 19.2 Å². The summed E-state index contributed by atoms with van der Waals surface area (Å²) in [6, 6.07) is 5.43. The fraction of sp³-hybridized carbons (Fsp3) is 0.357. The molecule has 0 radical (unpaired) electrons. The van der Waals surface area contributed by atoms with Crippen molar-refractivity contribution in [2.75, 3.05) is 39.1 Å². The molecule has 1 saturated heterocycles. The van der Waals surface area contributed by atoms with Crippen molar-refractivity contribution in [2.45, 2.75) is 0 Å². The number of carbonyl (C=O) groups is 1. The van der Waals surface area contributed by atoms with Gasteiger partial charge in [0.2, 0.25) is 5.91 Å². The Bertz CT molecular complexity index is 480. The minimum atomic E-state index is -0.00214. The molecule has 0 aliphatic carbocycles. The molecule has 1 heterocycles. The number of rotatable bonds is 3. The molecule has 0 spiro atoms. The van der Waals surface area contributed by atoms with Crippen LogP contribution in [0.15, 0.2) is 24.3 Å². The van der Waals surface area contributed by atoms with Gasteiger partial charge in [0.1, 0.15) is 5.75 Å². The number of amides is 1. The molecule has 0 unspecified atom stereocenters. The Labute approximate surface area is 112 Å². The quantitative estimate of drug-likeness (QED) is 0.655. The molecule has 1 aliphatic heterocycles. The highest BCUT2D eigenvalue weighted by molar-refractivity contribution is 5.92. The molecule has 19 heavy (non-hydrogen) atoms. The summed E-state index contributed by atoms with van der Waals surface area (Å²) >= 11 is 0. The first-order valence-electron chi connectivity index (χ1n) is 6.19. The largest absolute Gasteiger partial charge is 0.495 e. The number of nitrogens with zero attached hydrogens (tertiary/aromatic N) is 1. The minimum Gasteiger partial charge on any atom is -0.495 e. The molecule has 5 nitrogen and oxygen atoms in total. The van der Waals surface area contributed by atoms with E-state index in [0.29, 0.717) is 37.7 Å². The van der Waals surface area contributed by atoms with E-state index in [1.807, 2.05) is 6.07 Å². The van der Waals surface area contributed by atoms with Gasteiger partial charge < -0.3 is 20.1 Å². The van der Waals surface area contributed by atoms with E-state index in [0.717, 1.165) is 5.56 Å². The van der Waals surface area contributed by atoms with Crippen molar-refractivity contribution in [3.05, 3.63) is 29.8 Å². The van der Waals surface area contributed by atoms with Crippen LogP contribution in [-0.2, 0) is 9.53 Å². The van der Waals surface area contributed by atoms with E-state index >= 15 is 0 Å². The van der Waals surface area contributed by atoms with Crippen LogP contribution in [-0.4, -0.2) is 44.2 Å². The van der Waals surface area contributed by atoms with E-state index in [2.05, 4.69) is 0 Å². The summed E-state index contributed by atoms with van der Waals surface area (Å²) in [6.45, 7) is 2.51. The van der Waals surface area contributed by atoms with Crippen molar-refractivity contribution < 1.29 is 14.3 Å². The number of nitrogens with two attached hydrogens (primary N) is 1. The molecule has 1 aliphatic rings. The zero-order chi connectivity index (χ0) is 13.7. The van der Waals surface area contributed by atoms with Gasteiger partial charge in [-0.15, -0.1) is 0 Å². The maximum Gasteiger partial charge on any atom is 0.246 e. The molecule has 1 fully saturated rings. The van der Waals surface area contributed by atoms with Crippen molar-refractivity contribution in [3.63, 3.8) is 0 Å². The van der Waals surface area contributed by atoms with Crippen molar-refractivity contribution in [3.8, 4) is 5.75 Å². The van der Waals surface area contributed by atoms with Gasteiger partial charge in [-0.05, 0) is 23.8 Å². The number of ether oxygens (including phenoxy) is 2. The number of carbonyl (C=O) groups excluding carboxylic acids is 1. The van der Waals surface area contributed by atoms with Crippen molar-refractivity contribution in [1.82, 2.24) is 4.90 Å². The summed E-state index contributed by atoms with van der Waals surface area (Å²) < 4.78 is 10.3. The summed E-state index contributed by atoms with van der Waals surface area (Å²) in [5.74, 6) is 0.634. The lowest BCUT2D eigenvalue weighted by Gasteiger charge is -2.25. The van der Waals surface area contributed by atoms with Gasteiger partial charge in [-0.1, -0.05) is 6.07 Å². The van der Waals surface area contributed by atoms with E-state index in [-0.39, 0.29) is 5.91 Å². The standard InChI is InChI=1S/C14H18N2O3/c1-18-13-4-2-11(10-12(13)15)3-5-14(17)16-6-8-19-9-7-16/h2-5,10H,6-9,15H2,1H3/b5-3+. The van der Waals surface area contributed by atoms with Crippen molar-refractivity contribution >= 4 is 17.7 Å². The van der Waals surface area contributed by atoms with Gasteiger partial charge in [0.15, 0.2) is 0 Å². The fourth-order valence-corrected chi connectivity index (χ4v) is 1.91. The monoisotopic (exact) mass is 262 g/mol. The Hall–Kier alpha value is -2.01. The number of anilines is 1. The Morgan fingerprint density at radius 3 is 2.79 bits per heavy atom. The van der Waals surface area contributed by atoms with E-state index in [1.54, 1.807) is 36.3 Å². The Morgan fingerprint density at radius 1 is 1.42 bits per heavy atom. The summed E-state index contributed by atoms with van der Waals surface area (Å²) in [6.07, 6.45) is 3.32. The molecule has 0 saturated carbocycles. The average Bonchev–Trinajstić information content (AvgIpc) is 2.46. The number of hydrogen-bond acceptors (Lipinski definition) is 4. The number of methoxy groups -OCH3 is 1. The van der Waals surface area contributed by atoms with Gasteiger partial charge >= 0.3 is 0 Å². The summed E-state index contributed by atoms with van der Waals surface area (Å²) in [4.78, 5) is 13.7. The molecule has 102 valence electrons. The van der Waals surface area contributed by atoms with Crippen LogP contribution in [0.1, 0.15) is 5.56 Å². The lowest BCUT2D eigenvalue weighted by molar-refractivity contribution is -0.129. The van der Waals surface area contributed by atoms with Gasteiger partial charge in [0.25, 0.3) is 0 Å².